The minimum atomic E-state index is -0.137. The second-order valence-electron chi connectivity index (χ2n) is 6.53. The van der Waals surface area contributed by atoms with E-state index in [-0.39, 0.29) is 6.10 Å². The highest BCUT2D eigenvalue weighted by atomic mass is 16.3. The van der Waals surface area contributed by atoms with Gasteiger partial charge in [-0.05, 0) is 37.2 Å². The number of rotatable bonds is 3. The predicted molar refractivity (Wildman–Crippen MR) is 82.8 cm³/mol. The van der Waals surface area contributed by atoms with E-state index < -0.39 is 0 Å². The van der Waals surface area contributed by atoms with Gasteiger partial charge in [0.2, 0.25) is 0 Å². The Bertz CT molecular complexity index is 405. The summed E-state index contributed by atoms with van der Waals surface area (Å²) in [5.74, 6) is 0.624. The van der Waals surface area contributed by atoms with Crippen molar-refractivity contribution in [2.45, 2.75) is 75.5 Å². The van der Waals surface area contributed by atoms with Crippen molar-refractivity contribution in [3.8, 4) is 0 Å². The zero-order chi connectivity index (χ0) is 13.8. The van der Waals surface area contributed by atoms with E-state index in [1.54, 1.807) is 0 Å². The number of hydrogen-bond donors (Lipinski definition) is 2. The molecule has 0 spiro atoms. The third kappa shape index (κ3) is 3.24. The molecule has 2 aliphatic rings. The molecule has 0 amide bonds. The van der Waals surface area contributed by atoms with Gasteiger partial charge in [-0.25, -0.2) is 0 Å². The summed E-state index contributed by atoms with van der Waals surface area (Å²) in [6.45, 7) is 0. The molecule has 4 unspecified atom stereocenters. The Labute approximate surface area is 122 Å². The second kappa shape index (κ2) is 6.73. The lowest BCUT2D eigenvalue weighted by Gasteiger charge is -2.38. The molecular weight excluding hydrogens is 246 g/mol. The minimum Gasteiger partial charge on any atom is -0.392 e. The second-order valence-corrected chi connectivity index (χ2v) is 6.53. The smallest absolute Gasteiger partial charge is 0.0693 e. The van der Waals surface area contributed by atoms with E-state index >= 15 is 0 Å². The summed E-state index contributed by atoms with van der Waals surface area (Å²) < 4.78 is 0. The van der Waals surface area contributed by atoms with Gasteiger partial charge in [-0.3, -0.25) is 0 Å². The van der Waals surface area contributed by atoms with Crippen LogP contribution in [0.25, 0.3) is 0 Å². The molecule has 2 nitrogen and oxygen atoms in total. The van der Waals surface area contributed by atoms with E-state index in [2.05, 4.69) is 35.6 Å². The fraction of sp³-hybridized carbons (Fsp3) is 0.667. The van der Waals surface area contributed by atoms with Gasteiger partial charge in [0.05, 0.1) is 6.10 Å². The Morgan fingerprint density at radius 3 is 2.20 bits per heavy atom. The Hall–Kier alpha value is -0.860. The van der Waals surface area contributed by atoms with Crippen LogP contribution in [0, 0.1) is 0 Å². The van der Waals surface area contributed by atoms with E-state index in [4.69, 9.17) is 0 Å². The maximum absolute atomic E-state index is 10.2. The first-order valence-electron chi connectivity index (χ1n) is 8.33. The molecule has 3 rings (SSSR count). The van der Waals surface area contributed by atoms with Gasteiger partial charge in [-0.15, -0.1) is 0 Å². The van der Waals surface area contributed by atoms with Gasteiger partial charge in [-0.1, -0.05) is 56.0 Å². The summed E-state index contributed by atoms with van der Waals surface area (Å²) in [6.07, 6.45) is 9.62. The summed E-state index contributed by atoms with van der Waals surface area (Å²) in [7, 11) is 0. The molecule has 0 aromatic heterocycles. The van der Waals surface area contributed by atoms with Crippen molar-refractivity contribution in [3.63, 3.8) is 0 Å². The molecule has 2 heteroatoms. The largest absolute Gasteiger partial charge is 0.392 e. The fourth-order valence-corrected chi connectivity index (χ4v) is 4.01. The lowest BCUT2D eigenvalue weighted by atomic mass is 9.79. The summed E-state index contributed by atoms with van der Waals surface area (Å²) in [6, 6.07) is 11.8. The number of aliphatic hydroxyl groups is 1. The van der Waals surface area contributed by atoms with Crippen molar-refractivity contribution in [2.75, 3.05) is 0 Å². The van der Waals surface area contributed by atoms with Gasteiger partial charge in [0.15, 0.2) is 0 Å². The van der Waals surface area contributed by atoms with Crippen LogP contribution in [0.1, 0.15) is 62.8 Å². The van der Waals surface area contributed by atoms with Gasteiger partial charge in [0.25, 0.3) is 0 Å². The zero-order valence-corrected chi connectivity index (χ0v) is 12.3. The zero-order valence-electron chi connectivity index (χ0n) is 12.3. The van der Waals surface area contributed by atoms with Crippen LogP contribution in [0.5, 0.6) is 0 Å². The van der Waals surface area contributed by atoms with Crippen molar-refractivity contribution < 1.29 is 5.11 Å². The van der Waals surface area contributed by atoms with Crippen molar-refractivity contribution in [2.24, 2.45) is 0 Å². The number of benzene rings is 1. The highest BCUT2D eigenvalue weighted by Crippen LogP contribution is 2.34. The molecule has 2 aliphatic carbocycles. The molecule has 2 fully saturated rings. The van der Waals surface area contributed by atoms with Crippen molar-refractivity contribution >= 4 is 0 Å². The highest BCUT2D eigenvalue weighted by Gasteiger charge is 2.31. The molecule has 0 saturated heterocycles. The molecule has 2 N–H and O–H groups in total. The average Bonchev–Trinajstić information content (AvgIpc) is 2.51. The van der Waals surface area contributed by atoms with Gasteiger partial charge >= 0.3 is 0 Å². The maximum Gasteiger partial charge on any atom is 0.0693 e. The van der Waals surface area contributed by atoms with E-state index in [1.165, 1.54) is 44.1 Å². The van der Waals surface area contributed by atoms with E-state index in [0.717, 1.165) is 12.8 Å². The Morgan fingerprint density at radius 1 is 0.800 bits per heavy atom. The summed E-state index contributed by atoms with van der Waals surface area (Å²) in [4.78, 5) is 0. The minimum absolute atomic E-state index is 0.137. The fourth-order valence-electron chi connectivity index (χ4n) is 4.01. The Kier molecular flexibility index (Phi) is 4.74. The van der Waals surface area contributed by atoms with Crippen LogP contribution in [0.15, 0.2) is 30.3 Å². The van der Waals surface area contributed by atoms with Crippen LogP contribution in [0.2, 0.25) is 0 Å². The molecular formula is C18H27NO. The Morgan fingerprint density at radius 2 is 1.45 bits per heavy atom. The van der Waals surface area contributed by atoms with Crippen LogP contribution >= 0.6 is 0 Å². The lowest BCUT2D eigenvalue weighted by molar-refractivity contribution is 0.0792. The van der Waals surface area contributed by atoms with Crippen LogP contribution in [-0.4, -0.2) is 23.3 Å². The van der Waals surface area contributed by atoms with E-state index in [9.17, 15) is 5.11 Å². The normalized spacial score (nSPS) is 34.9. The first-order chi connectivity index (χ1) is 9.84. The molecule has 20 heavy (non-hydrogen) atoms. The van der Waals surface area contributed by atoms with Crippen molar-refractivity contribution in [1.82, 2.24) is 5.32 Å². The maximum atomic E-state index is 10.2. The average molecular weight is 273 g/mol. The summed E-state index contributed by atoms with van der Waals surface area (Å²) in [5.41, 5.74) is 1.47. The van der Waals surface area contributed by atoms with Gasteiger partial charge in [0, 0.05) is 12.1 Å². The highest BCUT2D eigenvalue weighted by molar-refractivity contribution is 5.22. The predicted octanol–water partition coefficient (Wildman–Crippen LogP) is 3.61. The number of hydrogen-bond acceptors (Lipinski definition) is 2. The van der Waals surface area contributed by atoms with E-state index in [1.807, 2.05) is 0 Å². The topological polar surface area (TPSA) is 32.3 Å². The monoisotopic (exact) mass is 273 g/mol. The summed E-state index contributed by atoms with van der Waals surface area (Å²) in [5, 5.41) is 14.0. The molecule has 0 heterocycles. The van der Waals surface area contributed by atoms with Crippen LogP contribution in [0.4, 0.5) is 0 Å². The van der Waals surface area contributed by atoms with Crippen LogP contribution in [0.3, 0.4) is 0 Å². The molecule has 0 aliphatic heterocycles. The quantitative estimate of drug-likeness (QED) is 0.882. The molecule has 2 saturated carbocycles. The van der Waals surface area contributed by atoms with Gasteiger partial charge in [0.1, 0.15) is 0 Å². The molecule has 110 valence electrons. The van der Waals surface area contributed by atoms with E-state index in [0.29, 0.717) is 18.0 Å². The third-order valence-corrected chi connectivity index (χ3v) is 5.15. The molecule has 0 bridgehead atoms. The first-order valence-corrected chi connectivity index (χ1v) is 8.33. The lowest BCUT2D eigenvalue weighted by Crippen LogP contribution is -2.49. The molecule has 4 atom stereocenters. The standard InChI is InChI=1S/C18H27NO/c20-18-13-7-6-12-17(18)19-16-11-5-4-10-15(16)14-8-2-1-3-9-14/h1-3,8-9,15-20H,4-7,10-13H2. The van der Waals surface area contributed by atoms with Gasteiger partial charge < -0.3 is 10.4 Å². The molecule has 0 radical (unpaired) electrons. The molecule has 1 aromatic rings. The number of nitrogens with one attached hydrogen (secondary N) is 1. The van der Waals surface area contributed by atoms with Gasteiger partial charge in [-0.2, -0.15) is 0 Å². The first kappa shape index (κ1) is 14.1. The SMILES string of the molecule is OC1CCCCC1NC1CCCCC1c1ccccc1. The molecule has 1 aromatic carbocycles. The summed E-state index contributed by atoms with van der Waals surface area (Å²) >= 11 is 0. The van der Waals surface area contributed by atoms with Crippen LogP contribution in [-0.2, 0) is 0 Å². The van der Waals surface area contributed by atoms with Crippen molar-refractivity contribution in [1.29, 1.82) is 0 Å². The number of aliphatic hydroxyl groups excluding tert-OH is 1. The Balaban J connectivity index is 1.69. The van der Waals surface area contributed by atoms with Crippen LogP contribution < -0.4 is 5.32 Å². The van der Waals surface area contributed by atoms with Crippen molar-refractivity contribution in [3.05, 3.63) is 35.9 Å². The third-order valence-electron chi connectivity index (χ3n) is 5.15.